The Morgan fingerprint density at radius 3 is 2.54 bits per heavy atom. The van der Waals surface area contributed by atoms with Crippen LogP contribution in [0.3, 0.4) is 0 Å². The zero-order chi connectivity index (χ0) is 20.3. The summed E-state index contributed by atoms with van der Waals surface area (Å²) in [6, 6.07) is 11.4. The molecule has 0 aliphatic carbocycles. The summed E-state index contributed by atoms with van der Waals surface area (Å²) in [6.45, 7) is 1.59. The molecule has 3 aromatic rings. The van der Waals surface area contributed by atoms with Crippen LogP contribution in [0.1, 0.15) is 12.5 Å². The lowest BCUT2D eigenvalue weighted by atomic mass is 10.1. The number of carbonyl (C=O) groups is 1. The molecule has 0 saturated carbocycles. The van der Waals surface area contributed by atoms with Gasteiger partial charge in [-0.1, -0.05) is 42.3 Å². The first-order valence-corrected chi connectivity index (χ1v) is 11.6. The van der Waals surface area contributed by atoms with Crippen molar-refractivity contribution in [2.75, 3.05) is 11.1 Å². The van der Waals surface area contributed by atoms with Crippen molar-refractivity contribution >= 4 is 55.4 Å². The third kappa shape index (κ3) is 4.91. The third-order valence-electron chi connectivity index (χ3n) is 3.98. The van der Waals surface area contributed by atoms with Crippen LogP contribution in [0.4, 0.5) is 5.13 Å². The highest BCUT2D eigenvalue weighted by atomic mass is 35.5. The van der Waals surface area contributed by atoms with E-state index in [0.717, 1.165) is 0 Å². The van der Waals surface area contributed by atoms with Crippen LogP contribution in [0.5, 0.6) is 0 Å². The number of halogens is 2. The van der Waals surface area contributed by atoms with Gasteiger partial charge in [0.2, 0.25) is 5.91 Å². The van der Waals surface area contributed by atoms with Crippen molar-refractivity contribution in [1.29, 1.82) is 0 Å². The number of amides is 1. The number of hydrogen-bond acceptors (Lipinski definition) is 5. The van der Waals surface area contributed by atoms with Gasteiger partial charge in [0.05, 0.1) is 27.8 Å². The Hall–Kier alpha value is -1.93. The molecule has 0 radical (unpaired) electrons. The maximum atomic E-state index is 12.3. The normalized spacial score (nSPS) is 11.4. The summed E-state index contributed by atoms with van der Waals surface area (Å²) in [5, 5.41) is 6.05. The van der Waals surface area contributed by atoms with Crippen LogP contribution in [0.15, 0.2) is 52.7 Å². The lowest BCUT2D eigenvalue weighted by Crippen LogP contribution is -2.14. The van der Waals surface area contributed by atoms with Gasteiger partial charge in [0, 0.05) is 16.0 Å². The van der Waals surface area contributed by atoms with Gasteiger partial charge in [-0.3, -0.25) is 4.79 Å². The number of sulfone groups is 1. The third-order valence-corrected chi connectivity index (χ3v) is 7.05. The molecule has 0 aliphatic heterocycles. The standard InChI is InChI=1S/C19H16Cl2N2O3S2/c1-2-28(25,26)14-6-3-12(4-7-14)9-18(24)23-19-22-17(11-27-19)15-10-13(20)5-8-16(15)21/h3-8,10-11H,2,9H2,1H3,(H,22,23,24). The maximum absolute atomic E-state index is 12.3. The fourth-order valence-electron chi connectivity index (χ4n) is 2.48. The van der Waals surface area contributed by atoms with Crippen LogP contribution in [0.25, 0.3) is 11.3 Å². The molecule has 0 spiro atoms. The number of carbonyl (C=O) groups excluding carboxylic acids is 1. The Kier molecular flexibility index (Phi) is 6.40. The van der Waals surface area contributed by atoms with Gasteiger partial charge in [-0.2, -0.15) is 0 Å². The summed E-state index contributed by atoms with van der Waals surface area (Å²) >= 11 is 13.5. The van der Waals surface area contributed by atoms with Crippen LogP contribution in [-0.2, 0) is 21.1 Å². The smallest absolute Gasteiger partial charge is 0.230 e. The van der Waals surface area contributed by atoms with Crippen LogP contribution in [0, 0.1) is 0 Å². The van der Waals surface area contributed by atoms with E-state index in [0.29, 0.717) is 32.0 Å². The Balaban J connectivity index is 1.67. The molecule has 5 nitrogen and oxygen atoms in total. The number of aromatic nitrogens is 1. The molecule has 28 heavy (non-hydrogen) atoms. The molecule has 0 atom stereocenters. The molecule has 0 bridgehead atoms. The predicted octanol–water partition coefficient (Wildman–Crippen LogP) is 5.09. The highest BCUT2D eigenvalue weighted by molar-refractivity contribution is 7.91. The maximum Gasteiger partial charge on any atom is 0.230 e. The van der Waals surface area contributed by atoms with E-state index in [1.54, 1.807) is 42.6 Å². The van der Waals surface area contributed by atoms with Crippen LogP contribution in [0.2, 0.25) is 10.0 Å². The Labute approximate surface area is 177 Å². The number of nitrogens with zero attached hydrogens (tertiary/aromatic N) is 1. The number of nitrogens with one attached hydrogen (secondary N) is 1. The molecule has 0 fully saturated rings. The van der Waals surface area contributed by atoms with Gasteiger partial charge >= 0.3 is 0 Å². The predicted molar refractivity (Wildman–Crippen MR) is 114 cm³/mol. The van der Waals surface area contributed by atoms with E-state index in [1.807, 2.05) is 0 Å². The van der Waals surface area contributed by atoms with E-state index < -0.39 is 9.84 Å². The average molecular weight is 455 g/mol. The van der Waals surface area contributed by atoms with Crippen molar-refractivity contribution in [3.05, 3.63) is 63.5 Å². The van der Waals surface area contributed by atoms with E-state index in [1.165, 1.54) is 23.5 Å². The number of hydrogen-bond donors (Lipinski definition) is 1. The molecular weight excluding hydrogens is 439 g/mol. The van der Waals surface area contributed by atoms with E-state index in [4.69, 9.17) is 23.2 Å². The average Bonchev–Trinajstić information content (AvgIpc) is 3.12. The molecule has 0 saturated heterocycles. The Morgan fingerprint density at radius 2 is 1.86 bits per heavy atom. The molecule has 146 valence electrons. The monoisotopic (exact) mass is 454 g/mol. The van der Waals surface area contributed by atoms with Gasteiger partial charge in [0.1, 0.15) is 0 Å². The fourth-order valence-corrected chi connectivity index (χ4v) is 4.48. The minimum absolute atomic E-state index is 0.0376. The van der Waals surface area contributed by atoms with Crippen LogP contribution < -0.4 is 5.32 Å². The molecule has 9 heteroatoms. The van der Waals surface area contributed by atoms with E-state index >= 15 is 0 Å². The van der Waals surface area contributed by atoms with Crippen molar-refractivity contribution < 1.29 is 13.2 Å². The highest BCUT2D eigenvalue weighted by Gasteiger charge is 2.13. The van der Waals surface area contributed by atoms with Gasteiger partial charge in [-0.15, -0.1) is 11.3 Å². The van der Waals surface area contributed by atoms with Crippen molar-refractivity contribution in [2.45, 2.75) is 18.2 Å². The molecular formula is C19H16Cl2N2O3S2. The Bertz CT molecular complexity index is 1110. The second kappa shape index (κ2) is 8.61. The number of anilines is 1. The summed E-state index contributed by atoms with van der Waals surface area (Å²) < 4.78 is 23.7. The molecule has 1 heterocycles. The summed E-state index contributed by atoms with van der Waals surface area (Å²) in [5.41, 5.74) is 2.03. The topological polar surface area (TPSA) is 76.1 Å². The zero-order valence-electron chi connectivity index (χ0n) is 14.8. The van der Waals surface area contributed by atoms with Crippen LogP contribution in [-0.4, -0.2) is 25.1 Å². The lowest BCUT2D eigenvalue weighted by Gasteiger charge is -2.05. The minimum Gasteiger partial charge on any atom is -0.302 e. The molecule has 0 unspecified atom stereocenters. The Morgan fingerprint density at radius 1 is 1.14 bits per heavy atom. The van der Waals surface area contributed by atoms with Gasteiger partial charge in [-0.25, -0.2) is 13.4 Å². The van der Waals surface area contributed by atoms with Crippen LogP contribution >= 0.6 is 34.5 Å². The molecule has 2 aromatic carbocycles. The molecule has 1 aromatic heterocycles. The fraction of sp³-hybridized carbons (Fsp3) is 0.158. The molecule has 1 amide bonds. The molecule has 1 N–H and O–H groups in total. The molecule has 3 rings (SSSR count). The van der Waals surface area contributed by atoms with E-state index in [2.05, 4.69) is 10.3 Å². The van der Waals surface area contributed by atoms with Crippen molar-refractivity contribution in [1.82, 2.24) is 4.98 Å². The SMILES string of the molecule is CCS(=O)(=O)c1ccc(CC(=O)Nc2nc(-c3cc(Cl)ccc3Cl)cs2)cc1. The summed E-state index contributed by atoms with van der Waals surface area (Å²) in [6.07, 6.45) is 0.110. The first kappa shape index (κ1) is 20.8. The number of benzene rings is 2. The van der Waals surface area contributed by atoms with E-state index in [-0.39, 0.29) is 23.0 Å². The van der Waals surface area contributed by atoms with Crippen molar-refractivity contribution in [3.63, 3.8) is 0 Å². The first-order valence-electron chi connectivity index (χ1n) is 8.31. The minimum atomic E-state index is -3.25. The van der Waals surface area contributed by atoms with E-state index in [9.17, 15) is 13.2 Å². The second-order valence-corrected chi connectivity index (χ2v) is 9.91. The van der Waals surface area contributed by atoms with Crippen molar-refractivity contribution in [2.24, 2.45) is 0 Å². The van der Waals surface area contributed by atoms with Gasteiger partial charge in [0.15, 0.2) is 15.0 Å². The first-order chi connectivity index (χ1) is 13.3. The largest absolute Gasteiger partial charge is 0.302 e. The number of rotatable bonds is 6. The summed E-state index contributed by atoms with van der Waals surface area (Å²) in [7, 11) is -3.25. The van der Waals surface area contributed by atoms with Gasteiger partial charge < -0.3 is 5.32 Å². The second-order valence-electron chi connectivity index (χ2n) is 5.93. The summed E-state index contributed by atoms with van der Waals surface area (Å²) in [4.78, 5) is 16.9. The number of thiazole rings is 1. The van der Waals surface area contributed by atoms with Gasteiger partial charge in [0.25, 0.3) is 0 Å². The highest BCUT2D eigenvalue weighted by Crippen LogP contribution is 2.32. The van der Waals surface area contributed by atoms with Crippen molar-refractivity contribution in [3.8, 4) is 11.3 Å². The summed E-state index contributed by atoms with van der Waals surface area (Å²) in [5.74, 6) is -0.209. The molecule has 0 aliphatic rings. The quantitative estimate of drug-likeness (QED) is 0.562. The lowest BCUT2D eigenvalue weighted by molar-refractivity contribution is -0.115. The van der Waals surface area contributed by atoms with Gasteiger partial charge in [-0.05, 0) is 35.9 Å². The zero-order valence-corrected chi connectivity index (χ0v) is 17.9.